The Bertz CT molecular complexity index is 1100. The Morgan fingerprint density at radius 3 is 2.56 bits per heavy atom. The number of nitrogens with one attached hydrogen (secondary N) is 2. The minimum atomic E-state index is -4.39. The van der Waals surface area contributed by atoms with Crippen LogP contribution < -0.4 is 10.6 Å². The van der Waals surface area contributed by atoms with E-state index in [0.29, 0.717) is 24.6 Å². The molecule has 11 heteroatoms. The molecular weight excluding hydrogens is 447 g/mol. The molecule has 2 aromatic carbocycles. The molecule has 1 aromatic heterocycles. The van der Waals surface area contributed by atoms with Crippen molar-refractivity contribution in [2.75, 3.05) is 25.0 Å². The number of nitrogens with zero attached hydrogens (tertiary/aromatic N) is 5. The summed E-state index contributed by atoms with van der Waals surface area (Å²) in [6.07, 6.45) is -2.44. The number of hydrogen-bond acceptors (Lipinski definition) is 5. The minimum absolute atomic E-state index is 0.243. The van der Waals surface area contributed by atoms with Crippen molar-refractivity contribution in [3.05, 3.63) is 65.5 Å². The van der Waals surface area contributed by atoms with Crippen molar-refractivity contribution in [1.29, 1.82) is 0 Å². The normalized spacial score (nSPS) is 16.9. The molecule has 8 nitrogen and oxygen atoms in total. The fourth-order valence-electron chi connectivity index (χ4n) is 4.01. The monoisotopic (exact) mass is 473 g/mol. The molecule has 180 valence electrons. The largest absolute Gasteiger partial charge is 0.416 e. The van der Waals surface area contributed by atoms with Gasteiger partial charge in [-0.05, 0) is 79.1 Å². The first-order chi connectivity index (χ1) is 16.3. The summed E-state index contributed by atoms with van der Waals surface area (Å²) in [6, 6.07) is 12.1. The van der Waals surface area contributed by atoms with E-state index in [9.17, 15) is 18.0 Å². The number of carbonyl (C=O) groups excluding carboxylic acids is 1. The van der Waals surface area contributed by atoms with Gasteiger partial charge in [-0.25, -0.2) is 4.79 Å². The number of tetrazole rings is 1. The molecule has 2 heterocycles. The maximum Gasteiger partial charge on any atom is 0.416 e. The number of amides is 2. The molecule has 1 aliphatic heterocycles. The minimum Gasteiger partial charge on any atom is -0.338 e. The second-order valence-electron chi connectivity index (χ2n) is 8.50. The van der Waals surface area contributed by atoms with Crippen LogP contribution in [0.4, 0.5) is 23.7 Å². The van der Waals surface area contributed by atoms with Gasteiger partial charge in [0.15, 0.2) is 5.82 Å². The van der Waals surface area contributed by atoms with Gasteiger partial charge in [0, 0.05) is 18.8 Å². The first kappa shape index (κ1) is 23.7. The van der Waals surface area contributed by atoms with Crippen LogP contribution in [0.2, 0.25) is 0 Å². The van der Waals surface area contributed by atoms with Gasteiger partial charge >= 0.3 is 12.2 Å². The number of aromatic nitrogens is 4. The maximum absolute atomic E-state index is 12.8. The maximum atomic E-state index is 12.8. The summed E-state index contributed by atoms with van der Waals surface area (Å²) < 4.78 is 40.0. The third-order valence-electron chi connectivity index (χ3n) is 5.80. The van der Waals surface area contributed by atoms with Crippen LogP contribution in [0.1, 0.15) is 29.8 Å². The molecule has 1 fully saturated rings. The molecule has 3 aromatic rings. The first-order valence-corrected chi connectivity index (χ1v) is 11.1. The Hall–Kier alpha value is -3.47. The van der Waals surface area contributed by atoms with Gasteiger partial charge in [-0.3, -0.25) is 4.90 Å². The van der Waals surface area contributed by atoms with Gasteiger partial charge in [-0.15, -0.1) is 5.10 Å². The number of hydrogen-bond donors (Lipinski definition) is 2. The molecule has 2 amide bonds. The number of piperidine rings is 1. The Morgan fingerprint density at radius 1 is 1.12 bits per heavy atom. The van der Waals surface area contributed by atoms with E-state index in [1.54, 1.807) is 0 Å². The van der Waals surface area contributed by atoms with Gasteiger partial charge in [-0.1, -0.05) is 17.7 Å². The van der Waals surface area contributed by atoms with Crippen LogP contribution in [-0.2, 0) is 12.7 Å². The Morgan fingerprint density at radius 2 is 1.85 bits per heavy atom. The van der Waals surface area contributed by atoms with Crippen LogP contribution in [0.15, 0.2) is 48.5 Å². The molecule has 0 spiro atoms. The van der Waals surface area contributed by atoms with Gasteiger partial charge < -0.3 is 10.6 Å². The lowest BCUT2D eigenvalue weighted by atomic mass is 9.98. The lowest BCUT2D eigenvalue weighted by Crippen LogP contribution is -2.41. The van der Waals surface area contributed by atoms with E-state index in [-0.39, 0.29) is 11.9 Å². The van der Waals surface area contributed by atoms with Gasteiger partial charge in [0.2, 0.25) is 0 Å². The Kier molecular flexibility index (Phi) is 7.11. The summed E-state index contributed by atoms with van der Waals surface area (Å²) in [6.45, 7) is 4.59. The molecule has 0 aliphatic carbocycles. The fourth-order valence-corrected chi connectivity index (χ4v) is 4.01. The lowest BCUT2D eigenvalue weighted by molar-refractivity contribution is -0.137. The number of aryl methyl sites for hydroxylation is 1. The molecule has 1 atom stereocenters. The van der Waals surface area contributed by atoms with E-state index in [1.807, 2.05) is 31.2 Å². The molecule has 4 rings (SSSR count). The molecule has 0 saturated carbocycles. The number of carbonyl (C=O) groups is 1. The average molecular weight is 474 g/mol. The molecule has 0 bridgehead atoms. The predicted molar refractivity (Wildman–Crippen MR) is 120 cm³/mol. The lowest BCUT2D eigenvalue weighted by Gasteiger charge is -2.32. The highest BCUT2D eigenvalue weighted by Gasteiger charge is 2.30. The number of rotatable bonds is 6. The highest BCUT2D eigenvalue weighted by molar-refractivity contribution is 5.89. The van der Waals surface area contributed by atoms with Crippen molar-refractivity contribution in [2.24, 2.45) is 5.92 Å². The molecule has 1 saturated heterocycles. The van der Waals surface area contributed by atoms with E-state index in [4.69, 9.17) is 0 Å². The average Bonchev–Trinajstić information content (AvgIpc) is 3.27. The van der Waals surface area contributed by atoms with Gasteiger partial charge in [0.05, 0.1) is 17.8 Å². The van der Waals surface area contributed by atoms with Crippen molar-refractivity contribution in [3.63, 3.8) is 0 Å². The highest BCUT2D eigenvalue weighted by atomic mass is 19.4. The van der Waals surface area contributed by atoms with Gasteiger partial charge in [0.25, 0.3) is 0 Å². The SMILES string of the molecule is Cc1ccc(NC(=O)NC[C@@H]2CCCN(Cc3nnnn3-c3ccc(C(F)(F)F)cc3)C2)cc1. The zero-order valence-corrected chi connectivity index (χ0v) is 18.7. The standard InChI is InChI=1S/C23H26F3N7O/c1-16-4-8-19(9-5-16)28-22(34)27-13-17-3-2-12-32(14-17)15-21-29-30-31-33(21)20-10-6-18(7-11-20)23(24,25)26/h4-11,17H,2-3,12-15H2,1H3,(H2,27,28,34)/t17-/m0/s1. The number of halogens is 3. The van der Waals surface area contributed by atoms with Crippen molar-refractivity contribution >= 4 is 11.7 Å². The second-order valence-corrected chi connectivity index (χ2v) is 8.50. The van der Waals surface area contributed by atoms with E-state index >= 15 is 0 Å². The predicted octanol–water partition coefficient (Wildman–Crippen LogP) is 4.02. The van der Waals surface area contributed by atoms with Crippen molar-refractivity contribution in [2.45, 2.75) is 32.5 Å². The van der Waals surface area contributed by atoms with Crippen molar-refractivity contribution in [1.82, 2.24) is 30.4 Å². The van der Waals surface area contributed by atoms with E-state index in [0.717, 1.165) is 49.3 Å². The van der Waals surface area contributed by atoms with E-state index < -0.39 is 11.7 Å². The number of likely N-dealkylation sites (tertiary alicyclic amines) is 1. The number of benzene rings is 2. The third kappa shape index (κ3) is 6.10. The summed E-state index contributed by atoms with van der Waals surface area (Å²) in [5.74, 6) is 0.818. The van der Waals surface area contributed by atoms with Gasteiger partial charge in [0.1, 0.15) is 0 Å². The van der Waals surface area contributed by atoms with Crippen LogP contribution in [0.5, 0.6) is 0 Å². The third-order valence-corrected chi connectivity index (χ3v) is 5.80. The van der Waals surface area contributed by atoms with Crippen molar-refractivity contribution < 1.29 is 18.0 Å². The second kappa shape index (κ2) is 10.2. The van der Waals surface area contributed by atoms with Crippen LogP contribution in [0.3, 0.4) is 0 Å². The van der Waals surface area contributed by atoms with E-state index in [2.05, 4.69) is 31.1 Å². The van der Waals surface area contributed by atoms with Crippen LogP contribution in [-0.4, -0.2) is 50.8 Å². The topological polar surface area (TPSA) is 88.0 Å². The van der Waals surface area contributed by atoms with Crippen molar-refractivity contribution in [3.8, 4) is 5.69 Å². The Balaban J connectivity index is 1.31. The molecular formula is C23H26F3N7O. The zero-order chi connectivity index (χ0) is 24.1. The highest BCUT2D eigenvalue weighted by Crippen LogP contribution is 2.29. The molecule has 1 aliphatic rings. The van der Waals surface area contributed by atoms with Crippen LogP contribution in [0, 0.1) is 12.8 Å². The smallest absolute Gasteiger partial charge is 0.338 e. The van der Waals surface area contributed by atoms with Crippen LogP contribution in [0.25, 0.3) is 5.69 Å². The summed E-state index contributed by atoms with van der Waals surface area (Å²) >= 11 is 0. The number of alkyl halides is 3. The molecule has 0 radical (unpaired) electrons. The summed E-state index contributed by atoms with van der Waals surface area (Å²) in [4.78, 5) is 14.4. The molecule has 34 heavy (non-hydrogen) atoms. The fraction of sp³-hybridized carbons (Fsp3) is 0.391. The van der Waals surface area contributed by atoms with Crippen LogP contribution >= 0.6 is 0 Å². The van der Waals surface area contributed by atoms with E-state index in [1.165, 1.54) is 16.8 Å². The summed E-state index contributed by atoms with van der Waals surface area (Å²) in [5.41, 5.74) is 1.61. The molecule has 0 unspecified atom stereocenters. The quantitative estimate of drug-likeness (QED) is 0.565. The molecule has 2 N–H and O–H groups in total. The summed E-state index contributed by atoms with van der Waals surface area (Å²) in [5, 5.41) is 17.5. The van der Waals surface area contributed by atoms with Gasteiger partial charge in [-0.2, -0.15) is 17.9 Å². The number of anilines is 1. The Labute approximate surface area is 195 Å². The number of urea groups is 1. The summed E-state index contributed by atoms with van der Waals surface area (Å²) in [7, 11) is 0. The first-order valence-electron chi connectivity index (χ1n) is 11.1. The zero-order valence-electron chi connectivity index (χ0n) is 18.7.